The standard InChI is InChI=1S/C9H16N2O/c1-3-5-8(2)6-4-7-9(12)11-10/h3,5,8,10H,4,6-7H2,1-2H3. The van der Waals surface area contributed by atoms with Crippen LogP contribution in [0.5, 0.6) is 0 Å². The highest BCUT2D eigenvalue weighted by molar-refractivity contribution is 5.75. The minimum Gasteiger partial charge on any atom is -0.271 e. The van der Waals surface area contributed by atoms with Gasteiger partial charge in [-0.15, -0.1) is 5.11 Å². The molecule has 1 amide bonds. The molecule has 12 heavy (non-hydrogen) atoms. The number of nitrogens with zero attached hydrogens (tertiary/aromatic N) is 1. The molecule has 1 unspecified atom stereocenters. The molecule has 0 heterocycles. The van der Waals surface area contributed by atoms with Gasteiger partial charge in [-0.05, 0) is 25.7 Å². The molecule has 3 heteroatoms. The molecule has 0 saturated heterocycles. The zero-order valence-corrected chi connectivity index (χ0v) is 7.71. The van der Waals surface area contributed by atoms with Gasteiger partial charge < -0.3 is 0 Å². The van der Waals surface area contributed by atoms with Gasteiger partial charge in [0.15, 0.2) is 0 Å². The summed E-state index contributed by atoms with van der Waals surface area (Å²) < 4.78 is 0. The van der Waals surface area contributed by atoms with E-state index in [2.05, 4.69) is 18.1 Å². The summed E-state index contributed by atoms with van der Waals surface area (Å²) in [4.78, 5) is 10.6. The second-order valence-corrected chi connectivity index (χ2v) is 2.90. The lowest BCUT2D eigenvalue weighted by atomic mass is 10.0. The van der Waals surface area contributed by atoms with E-state index in [4.69, 9.17) is 5.53 Å². The van der Waals surface area contributed by atoms with Gasteiger partial charge >= 0.3 is 0 Å². The maximum Gasteiger partial charge on any atom is 0.264 e. The normalized spacial score (nSPS) is 13.2. The molecule has 0 aromatic carbocycles. The molecule has 0 spiro atoms. The fourth-order valence-corrected chi connectivity index (χ4v) is 1.06. The summed E-state index contributed by atoms with van der Waals surface area (Å²) in [6.45, 7) is 4.10. The number of allylic oxidation sites excluding steroid dienone is 2. The van der Waals surface area contributed by atoms with Gasteiger partial charge in [-0.3, -0.25) is 4.79 Å². The molecule has 0 saturated carbocycles. The zero-order chi connectivity index (χ0) is 9.40. The van der Waals surface area contributed by atoms with Gasteiger partial charge in [0.2, 0.25) is 0 Å². The molecular weight excluding hydrogens is 152 g/mol. The second-order valence-electron chi connectivity index (χ2n) is 2.90. The van der Waals surface area contributed by atoms with Gasteiger partial charge in [0.05, 0.1) is 0 Å². The van der Waals surface area contributed by atoms with Crippen LogP contribution < -0.4 is 0 Å². The molecule has 0 aromatic heterocycles. The highest BCUT2D eigenvalue weighted by Gasteiger charge is 2.00. The number of hydrogen-bond donors (Lipinski definition) is 1. The Bertz CT molecular complexity index is 175. The summed E-state index contributed by atoms with van der Waals surface area (Å²) in [6.07, 6.45) is 6.35. The predicted octanol–water partition coefficient (Wildman–Crippen LogP) is 2.93. The van der Waals surface area contributed by atoms with Crippen LogP contribution in [-0.4, -0.2) is 5.91 Å². The summed E-state index contributed by atoms with van der Waals surface area (Å²) in [5.74, 6) is 0.205. The number of carbonyl (C=O) groups excluding carboxylic acids is 1. The zero-order valence-electron chi connectivity index (χ0n) is 7.71. The molecule has 1 N–H and O–H groups in total. The fraction of sp³-hybridized carbons (Fsp3) is 0.667. The fourth-order valence-electron chi connectivity index (χ4n) is 1.06. The Kier molecular flexibility index (Phi) is 6.15. The van der Waals surface area contributed by atoms with Crippen LogP contribution in [0.3, 0.4) is 0 Å². The van der Waals surface area contributed by atoms with Crippen LogP contribution in [0.25, 0.3) is 0 Å². The average molecular weight is 168 g/mol. The van der Waals surface area contributed by atoms with Crippen LogP contribution in [0.2, 0.25) is 0 Å². The first-order chi connectivity index (χ1) is 5.70. The monoisotopic (exact) mass is 168 g/mol. The lowest BCUT2D eigenvalue weighted by Crippen LogP contribution is -1.94. The topological polar surface area (TPSA) is 53.3 Å². The van der Waals surface area contributed by atoms with E-state index in [9.17, 15) is 4.79 Å². The summed E-state index contributed by atoms with van der Waals surface area (Å²) >= 11 is 0. The van der Waals surface area contributed by atoms with Gasteiger partial charge in [-0.1, -0.05) is 19.1 Å². The third-order valence-corrected chi connectivity index (χ3v) is 1.70. The van der Waals surface area contributed by atoms with Crippen molar-refractivity contribution in [2.24, 2.45) is 11.0 Å². The SMILES string of the molecule is CC=CC(C)CCCC(=O)N=N. The van der Waals surface area contributed by atoms with Crippen molar-refractivity contribution in [2.45, 2.75) is 33.1 Å². The first-order valence-corrected chi connectivity index (χ1v) is 4.23. The van der Waals surface area contributed by atoms with Gasteiger partial charge in [-0.25, -0.2) is 5.53 Å². The van der Waals surface area contributed by atoms with Crippen molar-refractivity contribution in [3.05, 3.63) is 12.2 Å². The second kappa shape index (κ2) is 6.70. The van der Waals surface area contributed by atoms with Crippen molar-refractivity contribution in [1.82, 2.24) is 0 Å². The first-order valence-electron chi connectivity index (χ1n) is 4.23. The molecule has 1 atom stereocenters. The Balaban J connectivity index is 3.42. The molecule has 0 aromatic rings. The van der Waals surface area contributed by atoms with Crippen molar-refractivity contribution >= 4 is 5.91 Å². The molecule has 68 valence electrons. The Morgan fingerprint density at radius 3 is 2.83 bits per heavy atom. The van der Waals surface area contributed by atoms with Crippen LogP contribution in [0, 0.1) is 11.4 Å². The number of nitrogens with one attached hydrogen (secondary N) is 1. The highest BCUT2D eigenvalue weighted by Crippen LogP contribution is 2.09. The molecule has 0 aliphatic carbocycles. The summed E-state index contributed by atoms with van der Waals surface area (Å²) in [6, 6.07) is 0. The predicted molar refractivity (Wildman–Crippen MR) is 48.0 cm³/mol. The van der Waals surface area contributed by atoms with E-state index in [1.807, 2.05) is 13.0 Å². The Labute approximate surface area is 73.4 Å². The lowest BCUT2D eigenvalue weighted by Gasteiger charge is -2.02. The van der Waals surface area contributed by atoms with Crippen LogP contribution in [0.1, 0.15) is 33.1 Å². The van der Waals surface area contributed by atoms with Crippen molar-refractivity contribution in [3.8, 4) is 0 Å². The largest absolute Gasteiger partial charge is 0.271 e. The van der Waals surface area contributed by atoms with E-state index in [1.54, 1.807) is 0 Å². The van der Waals surface area contributed by atoms with Crippen LogP contribution in [-0.2, 0) is 4.79 Å². The van der Waals surface area contributed by atoms with E-state index >= 15 is 0 Å². The minimum absolute atomic E-state index is 0.317. The molecule has 3 nitrogen and oxygen atoms in total. The maximum atomic E-state index is 10.6. The van der Waals surface area contributed by atoms with E-state index in [0.717, 1.165) is 12.8 Å². The third-order valence-electron chi connectivity index (χ3n) is 1.70. The maximum absolute atomic E-state index is 10.6. The van der Waals surface area contributed by atoms with Crippen LogP contribution in [0.4, 0.5) is 0 Å². The molecule has 0 fully saturated rings. The molecule has 0 bridgehead atoms. The van der Waals surface area contributed by atoms with Crippen molar-refractivity contribution in [3.63, 3.8) is 0 Å². The van der Waals surface area contributed by atoms with E-state index in [0.29, 0.717) is 12.3 Å². The average Bonchev–Trinajstić information content (AvgIpc) is 2.04. The molecule has 0 aliphatic heterocycles. The van der Waals surface area contributed by atoms with E-state index in [1.165, 1.54) is 0 Å². The molecule has 0 aliphatic rings. The number of carbonyl (C=O) groups is 1. The van der Waals surface area contributed by atoms with Crippen molar-refractivity contribution in [1.29, 1.82) is 5.53 Å². The van der Waals surface area contributed by atoms with Gasteiger partial charge in [-0.2, -0.15) is 0 Å². The molecular formula is C9H16N2O. The van der Waals surface area contributed by atoms with Crippen molar-refractivity contribution in [2.75, 3.05) is 0 Å². The smallest absolute Gasteiger partial charge is 0.264 e. The third kappa shape index (κ3) is 5.77. The quantitative estimate of drug-likeness (QED) is 0.498. The summed E-state index contributed by atoms with van der Waals surface area (Å²) in [5.41, 5.74) is 6.44. The lowest BCUT2D eigenvalue weighted by molar-refractivity contribution is -0.118. The Hall–Kier alpha value is -0.990. The Morgan fingerprint density at radius 2 is 2.33 bits per heavy atom. The van der Waals surface area contributed by atoms with Crippen LogP contribution in [0.15, 0.2) is 17.3 Å². The van der Waals surface area contributed by atoms with Gasteiger partial charge in [0, 0.05) is 6.42 Å². The van der Waals surface area contributed by atoms with Gasteiger partial charge in [0.25, 0.3) is 5.91 Å². The summed E-state index contributed by atoms with van der Waals surface area (Å²) in [7, 11) is 0. The van der Waals surface area contributed by atoms with E-state index < -0.39 is 0 Å². The minimum atomic E-state index is -0.317. The van der Waals surface area contributed by atoms with Crippen molar-refractivity contribution < 1.29 is 4.79 Å². The highest BCUT2D eigenvalue weighted by atomic mass is 16.1. The van der Waals surface area contributed by atoms with E-state index in [-0.39, 0.29) is 5.91 Å². The first kappa shape index (κ1) is 11.0. The number of hydrogen-bond acceptors (Lipinski definition) is 2. The Morgan fingerprint density at radius 1 is 1.67 bits per heavy atom. The summed E-state index contributed by atoms with van der Waals surface area (Å²) in [5, 5.41) is 2.82. The molecule has 0 rings (SSSR count). The van der Waals surface area contributed by atoms with Gasteiger partial charge in [0.1, 0.15) is 0 Å². The number of amides is 1. The molecule has 0 radical (unpaired) electrons. The van der Waals surface area contributed by atoms with Crippen LogP contribution >= 0.6 is 0 Å². The number of rotatable bonds is 5.